The van der Waals surface area contributed by atoms with E-state index < -0.39 is 8.56 Å². The molecule has 0 radical (unpaired) electrons. The molecule has 1 atom stereocenters. The molecule has 0 aliphatic carbocycles. The lowest BCUT2D eigenvalue weighted by atomic mass is 10.1. The van der Waals surface area contributed by atoms with Crippen molar-refractivity contribution in [2.45, 2.75) is 77.0 Å². The molecule has 0 aromatic heterocycles. The van der Waals surface area contributed by atoms with Crippen molar-refractivity contribution in [2.24, 2.45) is 0 Å². The first-order chi connectivity index (χ1) is 10.5. The van der Waals surface area contributed by atoms with Gasteiger partial charge in [-0.25, -0.2) is 4.79 Å². The third kappa shape index (κ3) is 9.38. The summed E-state index contributed by atoms with van der Waals surface area (Å²) in [7, 11) is 1.66. The van der Waals surface area contributed by atoms with Gasteiger partial charge in [0.2, 0.25) is 0 Å². The van der Waals surface area contributed by atoms with Crippen LogP contribution >= 0.6 is 0 Å². The number of carbonyl (C=O) groups excluding carboxylic acids is 1. The lowest BCUT2D eigenvalue weighted by Gasteiger charge is -2.27. The average Bonchev–Trinajstić information content (AvgIpc) is 2.52. The van der Waals surface area contributed by atoms with E-state index >= 15 is 0 Å². The van der Waals surface area contributed by atoms with Crippen LogP contribution in [0.1, 0.15) is 58.8 Å². The molecule has 0 bridgehead atoms. The Bertz CT molecular complexity index is 303. The van der Waals surface area contributed by atoms with Gasteiger partial charge in [0, 0.05) is 20.3 Å². The number of hydrogen-bond acceptors (Lipinski definition) is 4. The first-order valence-corrected chi connectivity index (χ1v) is 10.7. The minimum absolute atomic E-state index is 0.0166. The van der Waals surface area contributed by atoms with Crippen LogP contribution in [0.3, 0.4) is 0 Å². The highest BCUT2D eigenvalue weighted by molar-refractivity contribution is 6.67. The fourth-order valence-corrected chi connectivity index (χ4v) is 5.44. The lowest BCUT2D eigenvalue weighted by molar-refractivity contribution is -0.142. The zero-order chi connectivity index (χ0) is 16.8. The van der Waals surface area contributed by atoms with Crippen molar-refractivity contribution in [3.63, 3.8) is 0 Å². The van der Waals surface area contributed by atoms with E-state index in [2.05, 4.69) is 13.5 Å². The number of unbranched alkanes of at least 4 members (excludes halogenated alkanes) is 4. The van der Waals surface area contributed by atoms with Gasteiger partial charge in [-0.2, -0.15) is 0 Å². The van der Waals surface area contributed by atoms with Gasteiger partial charge in [-0.05, 0) is 31.9 Å². The molecule has 0 saturated heterocycles. The van der Waals surface area contributed by atoms with Gasteiger partial charge in [0.1, 0.15) is 0 Å². The maximum Gasteiger partial charge on any atom is 0.337 e. The van der Waals surface area contributed by atoms with E-state index in [0.29, 0.717) is 0 Å². The zero-order valence-corrected chi connectivity index (χ0v) is 15.9. The predicted octanol–water partition coefficient (Wildman–Crippen LogP) is 4.59. The van der Waals surface area contributed by atoms with Gasteiger partial charge in [-0.1, -0.05) is 45.6 Å². The predicted molar refractivity (Wildman–Crippen MR) is 93.1 cm³/mol. The number of rotatable bonds is 14. The summed E-state index contributed by atoms with van der Waals surface area (Å²) < 4.78 is 16.5. The monoisotopic (exact) mass is 330 g/mol. The van der Waals surface area contributed by atoms with Crippen molar-refractivity contribution in [1.29, 1.82) is 0 Å². The van der Waals surface area contributed by atoms with Crippen molar-refractivity contribution >= 4 is 14.5 Å². The third-order valence-corrected chi connectivity index (χ3v) is 7.89. The Morgan fingerprint density at radius 2 is 1.68 bits per heavy atom. The molecule has 0 rings (SSSR count). The number of ether oxygens (including phenoxy) is 1. The van der Waals surface area contributed by atoms with E-state index in [0.717, 1.165) is 31.4 Å². The second-order valence-corrected chi connectivity index (χ2v) is 9.46. The number of hydrogen-bond donors (Lipinski definition) is 0. The first kappa shape index (κ1) is 21.3. The summed E-state index contributed by atoms with van der Waals surface area (Å²) >= 11 is 0. The lowest BCUT2D eigenvalue weighted by Crippen LogP contribution is -2.39. The molecule has 0 saturated carbocycles. The molecule has 1 unspecified atom stereocenters. The maximum absolute atomic E-state index is 11.0. The fraction of sp³-hybridized carbons (Fsp3) is 0.824. The first-order valence-electron chi connectivity index (χ1n) is 8.47. The smallest absolute Gasteiger partial charge is 0.337 e. The van der Waals surface area contributed by atoms with Crippen LogP contribution in [0.2, 0.25) is 12.1 Å². The highest BCUT2D eigenvalue weighted by Gasteiger charge is 2.33. The van der Waals surface area contributed by atoms with Crippen molar-refractivity contribution in [3.05, 3.63) is 12.7 Å². The van der Waals surface area contributed by atoms with E-state index in [1.54, 1.807) is 14.2 Å². The standard InChI is InChI=1S/C17H34O4Si/c1-6-14-22(19-4,20-5)15-12-10-8-9-11-13-16(3)21-17(18)7-2/h7,16H,2,6,8-15H2,1,3-5H3. The molecule has 0 N–H and O–H groups in total. The van der Waals surface area contributed by atoms with Crippen molar-refractivity contribution in [3.8, 4) is 0 Å². The minimum atomic E-state index is -1.92. The van der Waals surface area contributed by atoms with Gasteiger partial charge in [-0.15, -0.1) is 0 Å². The van der Waals surface area contributed by atoms with Crippen molar-refractivity contribution in [1.82, 2.24) is 0 Å². The molecule has 0 amide bonds. The Hall–Kier alpha value is -0.653. The van der Waals surface area contributed by atoms with Gasteiger partial charge in [0.15, 0.2) is 0 Å². The summed E-state index contributed by atoms with van der Waals surface area (Å²) in [6.07, 6.45) is 9.12. The quantitative estimate of drug-likeness (QED) is 0.202. The molecule has 22 heavy (non-hydrogen) atoms. The van der Waals surface area contributed by atoms with Crippen LogP contribution in [0.5, 0.6) is 0 Å². The third-order valence-electron chi connectivity index (χ3n) is 4.03. The minimum Gasteiger partial charge on any atom is -0.460 e. The molecular formula is C17H34O4Si. The van der Waals surface area contributed by atoms with Gasteiger partial charge in [0.05, 0.1) is 6.10 Å². The Morgan fingerprint density at radius 3 is 2.23 bits per heavy atom. The number of carbonyl (C=O) groups is 1. The molecule has 0 aliphatic heterocycles. The van der Waals surface area contributed by atoms with Gasteiger partial charge < -0.3 is 13.6 Å². The molecule has 130 valence electrons. The van der Waals surface area contributed by atoms with E-state index in [-0.39, 0.29) is 12.1 Å². The summed E-state index contributed by atoms with van der Waals surface area (Å²) in [5.41, 5.74) is 0. The van der Waals surface area contributed by atoms with E-state index in [4.69, 9.17) is 13.6 Å². The largest absolute Gasteiger partial charge is 0.460 e. The SMILES string of the molecule is C=CC(=O)OC(C)CCCCCCC[Si](CCC)(OC)OC. The topological polar surface area (TPSA) is 44.8 Å². The van der Waals surface area contributed by atoms with Gasteiger partial charge >= 0.3 is 14.5 Å². The molecule has 5 heteroatoms. The van der Waals surface area contributed by atoms with Crippen LogP contribution in [0.4, 0.5) is 0 Å². The van der Waals surface area contributed by atoms with Crippen LogP contribution in [0.15, 0.2) is 12.7 Å². The second kappa shape index (κ2) is 12.8. The number of esters is 1. The van der Waals surface area contributed by atoms with Crippen LogP contribution < -0.4 is 0 Å². The van der Waals surface area contributed by atoms with Gasteiger partial charge in [0.25, 0.3) is 0 Å². The Kier molecular flexibility index (Phi) is 12.5. The van der Waals surface area contributed by atoms with E-state index in [9.17, 15) is 4.79 Å². The molecule has 0 aromatic carbocycles. The van der Waals surface area contributed by atoms with Crippen molar-refractivity contribution in [2.75, 3.05) is 14.2 Å². The average molecular weight is 331 g/mol. The summed E-state index contributed by atoms with van der Waals surface area (Å²) in [5.74, 6) is -0.330. The fourth-order valence-electron chi connectivity index (χ4n) is 2.66. The van der Waals surface area contributed by atoms with E-state index in [1.807, 2.05) is 6.92 Å². The molecule has 0 aromatic rings. The van der Waals surface area contributed by atoms with Crippen LogP contribution in [-0.4, -0.2) is 34.9 Å². The van der Waals surface area contributed by atoms with Crippen LogP contribution in [0.25, 0.3) is 0 Å². The van der Waals surface area contributed by atoms with Crippen LogP contribution in [0, 0.1) is 0 Å². The maximum atomic E-state index is 11.0. The molecule has 0 aliphatic rings. The molecule has 0 fully saturated rings. The molecule has 0 heterocycles. The summed E-state index contributed by atoms with van der Waals surface area (Å²) in [4.78, 5) is 11.0. The van der Waals surface area contributed by atoms with Crippen LogP contribution in [-0.2, 0) is 18.4 Å². The molecule has 0 spiro atoms. The summed E-state index contributed by atoms with van der Waals surface area (Å²) in [5, 5.41) is 0. The van der Waals surface area contributed by atoms with Crippen molar-refractivity contribution < 1.29 is 18.4 Å². The second-order valence-electron chi connectivity index (χ2n) is 5.83. The highest BCUT2D eigenvalue weighted by atomic mass is 28.4. The molecule has 4 nitrogen and oxygen atoms in total. The summed E-state index contributed by atoms with van der Waals surface area (Å²) in [6, 6.07) is 2.16. The highest BCUT2D eigenvalue weighted by Crippen LogP contribution is 2.23. The Morgan fingerprint density at radius 1 is 1.09 bits per heavy atom. The van der Waals surface area contributed by atoms with E-state index in [1.165, 1.54) is 31.8 Å². The normalized spacial score (nSPS) is 12.9. The Labute approximate surface area is 137 Å². The Balaban J connectivity index is 3.68. The van der Waals surface area contributed by atoms with Gasteiger partial charge in [-0.3, -0.25) is 0 Å². The zero-order valence-electron chi connectivity index (χ0n) is 14.9. The summed E-state index contributed by atoms with van der Waals surface area (Å²) in [6.45, 7) is 7.51. The molecular weight excluding hydrogens is 296 g/mol.